The van der Waals surface area contributed by atoms with Gasteiger partial charge in [-0.25, -0.2) is 0 Å². The average Bonchev–Trinajstić information content (AvgIpc) is 2.35. The van der Waals surface area contributed by atoms with Gasteiger partial charge in [0, 0.05) is 0 Å². The maximum Gasteiger partial charge on any atom is 0.0571 e. The van der Waals surface area contributed by atoms with Crippen LogP contribution in [0.2, 0.25) is 0 Å². The van der Waals surface area contributed by atoms with Crippen LogP contribution in [0.1, 0.15) is 78.6 Å². The Hall–Kier alpha value is -0.0400. The fourth-order valence-electron chi connectivity index (χ4n) is 3.19. The molecule has 1 fully saturated rings. The number of aliphatic hydroxyl groups excluding tert-OH is 1. The van der Waals surface area contributed by atoms with Crippen molar-refractivity contribution in [2.75, 3.05) is 0 Å². The Labute approximate surface area is 108 Å². The fourth-order valence-corrected chi connectivity index (χ4v) is 3.19. The van der Waals surface area contributed by atoms with Gasteiger partial charge in [-0.1, -0.05) is 59.3 Å². The van der Waals surface area contributed by atoms with E-state index in [1.807, 2.05) is 0 Å². The Kier molecular flexibility index (Phi) is 7.18. The van der Waals surface area contributed by atoms with Gasteiger partial charge in [0.15, 0.2) is 0 Å². The second-order valence-corrected chi connectivity index (χ2v) is 6.24. The highest BCUT2D eigenvalue weighted by Crippen LogP contribution is 2.33. The first-order valence-corrected chi connectivity index (χ1v) is 7.85. The molecule has 1 aliphatic carbocycles. The monoisotopic (exact) mass is 240 g/mol. The third-order valence-electron chi connectivity index (χ3n) is 4.72. The summed E-state index contributed by atoms with van der Waals surface area (Å²) in [6.07, 6.45) is 11.4. The summed E-state index contributed by atoms with van der Waals surface area (Å²) in [7, 11) is 0. The SMILES string of the molecule is CCCCC(CC)CC(O)C1CCC(C)CC1. The molecule has 0 radical (unpaired) electrons. The van der Waals surface area contributed by atoms with Crippen LogP contribution < -0.4 is 0 Å². The molecular formula is C16H32O. The largest absolute Gasteiger partial charge is 0.393 e. The molecule has 2 atom stereocenters. The first-order chi connectivity index (χ1) is 8.17. The van der Waals surface area contributed by atoms with Gasteiger partial charge in [-0.2, -0.15) is 0 Å². The molecule has 0 aliphatic heterocycles. The highest BCUT2D eigenvalue weighted by Gasteiger charge is 2.26. The fraction of sp³-hybridized carbons (Fsp3) is 1.00. The molecule has 0 spiro atoms. The van der Waals surface area contributed by atoms with Crippen molar-refractivity contribution in [2.45, 2.75) is 84.7 Å². The van der Waals surface area contributed by atoms with Crippen LogP contribution in [0.4, 0.5) is 0 Å². The third kappa shape index (κ3) is 5.42. The van der Waals surface area contributed by atoms with Crippen molar-refractivity contribution in [1.29, 1.82) is 0 Å². The van der Waals surface area contributed by atoms with Crippen LogP contribution in [0.3, 0.4) is 0 Å². The maximum absolute atomic E-state index is 10.4. The second kappa shape index (κ2) is 8.13. The van der Waals surface area contributed by atoms with Crippen molar-refractivity contribution in [3.8, 4) is 0 Å². The lowest BCUT2D eigenvalue weighted by atomic mass is 9.77. The van der Waals surface area contributed by atoms with Gasteiger partial charge in [-0.15, -0.1) is 0 Å². The van der Waals surface area contributed by atoms with Crippen molar-refractivity contribution < 1.29 is 5.11 Å². The molecule has 1 rings (SSSR count). The van der Waals surface area contributed by atoms with E-state index in [1.165, 1.54) is 51.4 Å². The quantitative estimate of drug-likeness (QED) is 0.679. The van der Waals surface area contributed by atoms with E-state index in [9.17, 15) is 5.11 Å². The van der Waals surface area contributed by atoms with Gasteiger partial charge in [0.25, 0.3) is 0 Å². The Morgan fingerprint density at radius 3 is 2.29 bits per heavy atom. The molecule has 0 heterocycles. The van der Waals surface area contributed by atoms with E-state index in [2.05, 4.69) is 20.8 Å². The van der Waals surface area contributed by atoms with Crippen LogP contribution >= 0.6 is 0 Å². The lowest BCUT2D eigenvalue weighted by Gasteiger charge is -2.31. The predicted molar refractivity (Wildman–Crippen MR) is 75.1 cm³/mol. The molecule has 1 aliphatic rings. The molecule has 17 heavy (non-hydrogen) atoms. The summed E-state index contributed by atoms with van der Waals surface area (Å²) >= 11 is 0. The molecule has 0 saturated heterocycles. The summed E-state index contributed by atoms with van der Waals surface area (Å²) < 4.78 is 0. The van der Waals surface area contributed by atoms with Gasteiger partial charge in [0.05, 0.1) is 6.10 Å². The molecule has 0 aromatic rings. The van der Waals surface area contributed by atoms with Crippen molar-refractivity contribution in [1.82, 2.24) is 0 Å². The zero-order valence-corrected chi connectivity index (χ0v) is 12.1. The first kappa shape index (κ1) is 15.0. The van der Waals surface area contributed by atoms with Gasteiger partial charge in [0.2, 0.25) is 0 Å². The van der Waals surface area contributed by atoms with Gasteiger partial charge >= 0.3 is 0 Å². The Morgan fingerprint density at radius 2 is 1.76 bits per heavy atom. The Balaban J connectivity index is 2.28. The Bertz CT molecular complexity index is 182. The molecule has 1 saturated carbocycles. The van der Waals surface area contributed by atoms with Gasteiger partial charge in [-0.05, 0) is 37.0 Å². The molecule has 0 amide bonds. The van der Waals surface area contributed by atoms with Crippen molar-refractivity contribution in [2.24, 2.45) is 17.8 Å². The summed E-state index contributed by atoms with van der Waals surface area (Å²) in [6, 6.07) is 0. The minimum absolute atomic E-state index is 0.0238. The predicted octanol–water partition coefficient (Wildman–Crippen LogP) is 4.78. The lowest BCUT2D eigenvalue weighted by Crippen LogP contribution is -2.27. The van der Waals surface area contributed by atoms with Crippen molar-refractivity contribution in [3.05, 3.63) is 0 Å². The molecule has 102 valence electrons. The second-order valence-electron chi connectivity index (χ2n) is 6.24. The summed E-state index contributed by atoms with van der Waals surface area (Å²) in [5.41, 5.74) is 0. The van der Waals surface area contributed by atoms with E-state index in [-0.39, 0.29) is 6.10 Å². The topological polar surface area (TPSA) is 20.2 Å². The number of rotatable bonds is 7. The van der Waals surface area contributed by atoms with Crippen molar-refractivity contribution >= 4 is 0 Å². The molecule has 1 heteroatoms. The van der Waals surface area contributed by atoms with E-state index in [4.69, 9.17) is 0 Å². The molecule has 0 aromatic carbocycles. The highest BCUT2D eigenvalue weighted by molar-refractivity contribution is 4.77. The summed E-state index contributed by atoms with van der Waals surface area (Å²) in [6.45, 7) is 6.88. The zero-order chi connectivity index (χ0) is 12.7. The summed E-state index contributed by atoms with van der Waals surface area (Å²) in [5, 5.41) is 10.4. The average molecular weight is 240 g/mol. The lowest BCUT2D eigenvalue weighted by molar-refractivity contribution is 0.0527. The molecule has 0 aromatic heterocycles. The molecule has 0 bridgehead atoms. The highest BCUT2D eigenvalue weighted by atomic mass is 16.3. The third-order valence-corrected chi connectivity index (χ3v) is 4.72. The smallest absolute Gasteiger partial charge is 0.0571 e. The first-order valence-electron chi connectivity index (χ1n) is 7.85. The van der Waals surface area contributed by atoms with Gasteiger partial charge in [0.1, 0.15) is 0 Å². The van der Waals surface area contributed by atoms with E-state index in [0.29, 0.717) is 5.92 Å². The number of unbranched alkanes of at least 4 members (excludes halogenated alkanes) is 1. The molecule has 1 N–H and O–H groups in total. The minimum atomic E-state index is -0.0238. The van der Waals surface area contributed by atoms with Crippen LogP contribution in [-0.2, 0) is 0 Å². The van der Waals surface area contributed by atoms with E-state index < -0.39 is 0 Å². The number of hydrogen-bond donors (Lipinski definition) is 1. The van der Waals surface area contributed by atoms with Gasteiger partial charge in [-0.3, -0.25) is 0 Å². The number of hydrogen-bond acceptors (Lipinski definition) is 1. The van der Waals surface area contributed by atoms with Crippen LogP contribution in [0, 0.1) is 17.8 Å². The van der Waals surface area contributed by atoms with Crippen LogP contribution in [0.25, 0.3) is 0 Å². The summed E-state index contributed by atoms with van der Waals surface area (Å²) in [4.78, 5) is 0. The van der Waals surface area contributed by atoms with Crippen LogP contribution in [-0.4, -0.2) is 11.2 Å². The maximum atomic E-state index is 10.4. The zero-order valence-electron chi connectivity index (χ0n) is 12.1. The number of aliphatic hydroxyl groups is 1. The van der Waals surface area contributed by atoms with Crippen LogP contribution in [0.15, 0.2) is 0 Å². The molecule has 2 unspecified atom stereocenters. The molecule has 1 nitrogen and oxygen atoms in total. The minimum Gasteiger partial charge on any atom is -0.393 e. The van der Waals surface area contributed by atoms with Crippen LogP contribution in [0.5, 0.6) is 0 Å². The Morgan fingerprint density at radius 1 is 1.12 bits per heavy atom. The summed E-state index contributed by atoms with van der Waals surface area (Å²) in [5.74, 6) is 2.24. The van der Waals surface area contributed by atoms with Crippen molar-refractivity contribution in [3.63, 3.8) is 0 Å². The van der Waals surface area contributed by atoms with E-state index in [0.717, 1.165) is 18.3 Å². The van der Waals surface area contributed by atoms with E-state index in [1.54, 1.807) is 0 Å². The van der Waals surface area contributed by atoms with E-state index >= 15 is 0 Å². The standard InChI is InChI=1S/C16H32O/c1-4-6-7-14(5-2)12-16(17)15-10-8-13(3)9-11-15/h13-17H,4-12H2,1-3H3. The molecular weight excluding hydrogens is 208 g/mol. The van der Waals surface area contributed by atoms with Gasteiger partial charge < -0.3 is 5.11 Å². The normalized spacial score (nSPS) is 28.9.